The van der Waals surface area contributed by atoms with Crippen molar-refractivity contribution >= 4 is 27.1 Å². The minimum Gasteiger partial charge on any atom is -0.321 e. The first kappa shape index (κ1) is 11.4. The molecule has 0 bridgehead atoms. The van der Waals surface area contributed by atoms with Crippen LogP contribution < -0.4 is 0 Å². The smallest absolute Gasteiger partial charge is 0.160 e. The number of aromatic amines is 1. The summed E-state index contributed by atoms with van der Waals surface area (Å²) in [4.78, 5) is 12.0. The van der Waals surface area contributed by atoms with Gasteiger partial charge in [-0.2, -0.15) is 5.10 Å². The van der Waals surface area contributed by atoms with Crippen molar-refractivity contribution in [1.82, 2.24) is 24.7 Å². The molecule has 18 heavy (non-hydrogen) atoms. The maximum absolute atomic E-state index is 4.53. The highest BCUT2D eigenvalue weighted by Crippen LogP contribution is 2.24. The van der Waals surface area contributed by atoms with E-state index in [4.69, 9.17) is 0 Å². The topological polar surface area (TPSA) is 59.4 Å². The molecule has 0 aliphatic heterocycles. The van der Waals surface area contributed by atoms with Gasteiger partial charge in [-0.15, -0.1) is 0 Å². The molecule has 5 nitrogen and oxygen atoms in total. The van der Waals surface area contributed by atoms with Crippen LogP contribution in [0.4, 0.5) is 0 Å². The number of rotatable bonds is 2. The van der Waals surface area contributed by atoms with Crippen LogP contribution >= 0.6 is 15.9 Å². The van der Waals surface area contributed by atoms with E-state index in [9.17, 15) is 0 Å². The van der Waals surface area contributed by atoms with E-state index in [1.54, 1.807) is 6.20 Å². The third-order valence-corrected chi connectivity index (χ3v) is 3.56. The predicted molar refractivity (Wildman–Crippen MR) is 73.2 cm³/mol. The lowest BCUT2D eigenvalue weighted by Gasteiger charge is -1.92. The molecule has 0 atom stereocenters. The van der Waals surface area contributed by atoms with Crippen LogP contribution in [0, 0.1) is 0 Å². The molecular formula is C12H12BrN5. The molecule has 92 valence electrons. The Bertz CT molecular complexity index is 712. The maximum Gasteiger partial charge on any atom is 0.160 e. The number of fused-ring (bicyclic) bond motifs is 1. The van der Waals surface area contributed by atoms with Crippen LogP contribution in [0.5, 0.6) is 0 Å². The third kappa shape index (κ3) is 1.73. The van der Waals surface area contributed by atoms with Crippen molar-refractivity contribution < 1.29 is 0 Å². The minimum atomic E-state index is 0.750. The summed E-state index contributed by atoms with van der Waals surface area (Å²) in [6.07, 6.45) is 2.69. The quantitative estimate of drug-likeness (QED) is 0.792. The summed E-state index contributed by atoms with van der Waals surface area (Å²) in [6.45, 7) is 2.11. The van der Waals surface area contributed by atoms with Crippen molar-refractivity contribution in [3.63, 3.8) is 0 Å². The molecule has 3 aromatic rings. The average molecular weight is 306 g/mol. The zero-order valence-corrected chi connectivity index (χ0v) is 11.7. The minimum absolute atomic E-state index is 0.750. The van der Waals surface area contributed by atoms with Crippen LogP contribution in [0.3, 0.4) is 0 Å². The summed E-state index contributed by atoms with van der Waals surface area (Å²) in [5.41, 5.74) is 3.62. The molecule has 3 aromatic heterocycles. The van der Waals surface area contributed by atoms with Crippen LogP contribution in [0.2, 0.25) is 0 Å². The largest absolute Gasteiger partial charge is 0.321 e. The molecule has 6 heteroatoms. The van der Waals surface area contributed by atoms with Gasteiger partial charge in [0.1, 0.15) is 11.2 Å². The number of aromatic nitrogens is 5. The van der Waals surface area contributed by atoms with Crippen LogP contribution in [-0.2, 0) is 13.5 Å². The molecule has 0 unspecified atom stereocenters. The summed E-state index contributed by atoms with van der Waals surface area (Å²) in [5, 5.41) is 4.46. The summed E-state index contributed by atoms with van der Waals surface area (Å²) in [5.74, 6) is 0.750. The fourth-order valence-corrected chi connectivity index (χ4v) is 2.35. The average Bonchev–Trinajstić information content (AvgIpc) is 2.93. The van der Waals surface area contributed by atoms with Crippen LogP contribution in [0.1, 0.15) is 12.6 Å². The second-order valence-electron chi connectivity index (χ2n) is 4.07. The van der Waals surface area contributed by atoms with E-state index in [1.807, 2.05) is 23.9 Å². The Morgan fingerprint density at radius 3 is 2.94 bits per heavy atom. The molecule has 1 N–H and O–H groups in total. The molecule has 0 fully saturated rings. The first-order chi connectivity index (χ1) is 8.69. The zero-order chi connectivity index (χ0) is 12.7. The molecule has 0 aliphatic rings. The van der Waals surface area contributed by atoms with Crippen molar-refractivity contribution in [2.75, 3.05) is 0 Å². The first-order valence-corrected chi connectivity index (χ1v) is 6.52. The monoisotopic (exact) mass is 305 g/mol. The summed E-state index contributed by atoms with van der Waals surface area (Å²) in [7, 11) is 1.94. The van der Waals surface area contributed by atoms with Gasteiger partial charge in [0.15, 0.2) is 11.5 Å². The van der Waals surface area contributed by atoms with Gasteiger partial charge in [-0.05, 0) is 34.5 Å². The predicted octanol–water partition coefficient (Wildman–Crippen LogP) is 2.68. The highest BCUT2D eigenvalue weighted by atomic mass is 79.9. The Morgan fingerprint density at radius 2 is 2.28 bits per heavy atom. The van der Waals surface area contributed by atoms with Gasteiger partial charge in [-0.3, -0.25) is 4.68 Å². The summed E-state index contributed by atoms with van der Waals surface area (Å²) < 4.78 is 2.81. The second kappa shape index (κ2) is 4.20. The maximum atomic E-state index is 4.53. The van der Waals surface area contributed by atoms with Gasteiger partial charge in [0.05, 0.1) is 0 Å². The number of halogens is 1. The molecule has 0 aromatic carbocycles. The second-order valence-corrected chi connectivity index (χ2v) is 4.93. The number of nitrogens with one attached hydrogen (secondary N) is 1. The molecule has 0 spiro atoms. The third-order valence-electron chi connectivity index (χ3n) is 2.92. The number of imidazole rings is 1. The number of nitrogens with zero attached hydrogens (tertiary/aromatic N) is 4. The van der Waals surface area contributed by atoms with Crippen LogP contribution in [0.15, 0.2) is 22.8 Å². The molecule has 0 aliphatic carbocycles. The molecule has 0 radical (unpaired) electrons. The Morgan fingerprint density at radius 1 is 1.44 bits per heavy atom. The fourth-order valence-electron chi connectivity index (χ4n) is 1.95. The molecule has 0 saturated heterocycles. The highest BCUT2D eigenvalue weighted by molar-refractivity contribution is 9.10. The van der Waals surface area contributed by atoms with Gasteiger partial charge in [0.25, 0.3) is 0 Å². The van der Waals surface area contributed by atoms with E-state index in [0.717, 1.165) is 33.6 Å². The normalized spacial score (nSPS) is 11.3. The first-order valence-electron chi connectivity index (χ1n) is 5.72. The van der Waals surface area contributed by atoms with Crippen LogP contribution in [-0.4, -0.2) is 24.7 Å². The Kier molecular flexibility index (Phi) is 2.66. The van der Waals surface area contributed by atoms with Crippen LogP contribution in [0.25, 0.3) is 22.7 Å². The highest BCUT2D eigenvalue weighted by Gasteiger charge is 2.12. The Labute approximate surface area is 112 Å². The van der Waals surface area contributed by atoms with Gasteiger partial charge in [0, 0.05) is 23.4 Å². The number of pyridine rings is 1. The standard InChI is InChI=1S/C12H12BrN5/c1-3-7-6-9(17-18(7)2)11-15-10-8(13)4-5-14-12(10)16-11/h4-6H,3H2,1-2H3,(H,14,15,16). The van der Waals surface area contributed by atoms with E-state index in [0.29, 0.717) is 0 Å². The van der Waals surface area contributed by atoms with Crippen molar-refractivity contribution in [1.29, 1.82) is 0 Å². The van der Waals surface area contributed by atoms with E-state index in [-0.39, 0.29) is 0 Å². The van der Waals surface area contributed by atoms with Crippen molar-refractivity contribution in [2.45, 2.75) is 13.3 Å². The molecule has 0 saturated carbocycles. The Hall–Kier alpha value is -1.69. The van der Waals surface area contributed by atoms with E-state index >= 15 is 0 Å². The SMILES string of the molecule is CCc1cc(-c2nc3c(Br)ccnc3[nH]2)nn1C. The molecule has 3 rings (SSSR count). The van der Waals surface area contributed by atoms with Gasteiger partial charge < -0.3 is 4.98 Å². The lowest BCUT2D eigenvalue weighted by molar-refractivity contribution is 0.719. The van der Waals surface area contributed by atoms with E-state index in [1.165, 1.54) is 5.69 Å². The Balaban J connectivity index is 2.16. The number of aryl methyl sites for hydroxylation is 2. The van der Waals surface area contributed by atoms with Gasteiger partial charge in [0.2, 0.25) is 0 Å². The molecule has 3 heterocycles. The number of H-pyrrole nitrogens is 1. The zero-order valence-electron chi connectivity index (χ0n) is 10.1. The van der Waals surface area contributed by atoms with Crippen molar-refractivity contribution in [3.8, 4) is 11.5 Å². The van der Waals surface area contributed by atoms with E-state index in [2.05, 4.69) is 42.9 Å². The van der Waals surface area contributed by atoms with Gasteiger partial charge in [-0.1, -0.05) is 6.92 Å². The molecular weight excluding hydrogens is 294 g/mol. The number of hydrogen-bond acceptors (Lipinski definition) is 3. The lowest BCUT2D eigenvalue weighted by atomic mass is 10.3. The lowest BCUT2D eigenvalue weighted by Crippen LogP contribution is -1.95. The van der Waals surface area contributed by atoms with Gasteiger partial charge in [-0.25, -0.2) is 9.97 Å². The number of hydrogen-bond donors (Lipinski definition) is 1. The summed E-state index contributed by atoms with van der Waals surface area (Å²) in [6, 6.07) is 3.93. The summed E-state index contributed by atoms with van der Waals surface area (Å²) >= 11 is 3.47. The van der Waals surface area contributed by atoms with E-state index < -0.39 is 0 Å². The van der Waals surface area contributed by atoms with Gasteiger partial charge >= 0.3 is 0 Å². The molecule has 0 amide bonds. The van der Waals surface area contributed by atoms with Crippen molar-refractivity contribution in [3.05, 3.63) is 28.5 Å². The van der Waals surface area contributed by atoms with Crippen molar-refractivity contribution in [2.24, 2.45) is 7.05 Å². The fraction of sp³-hybridized carbons (Fsp3) is 0.250.